The number of carbonyl (C=O) groups excluding carboxylic acids is 1. The Morgan fingerprint density at radius 2 is 1.78 bits per heavy atom. The van der Waals surface area contributed by atoms with Crippen molar-refractivity contribution in [1.29, 1.82) is 0 Å². The van der Waals surface area contributed by atoms with E-state index >= 15 is 0 Å². The Labute approximate surface area is 156 Å². The van der Waals surface area contributed by atoms with Gasteiger partial charge >= 0.3 is 0 Å². The van der Waals surface area contributed by atoms with E-state index in [-0.39, 0.29) is 34.8 Å². The van der Waals surface area contributed by atoms with Gasteiger partial charge in [0.25, 0.3) is 5.56 Å². The van der Waals surface area contributed by atoms with Crippen molar-refractivity contribution in [3.8, 4) is 5.69 Å². The number of halogens is 1. The summed E-state index contributed by atoms with van der Waals surface area (Å²) in [5.74, 6) is -0.980. The van der Waals surface area contributed by atoms with Crippen molar-refractivity contribution in [2.75, 3.05) is 5.32 Å². The number of nitrogens with one attached hydrogen (secondary N) is 1. The Morgan fingerprint density at radius 1 is 1.11 bits per heavy atom. The molecule has 4 rings (SSSR count). The fraction of sp³-hybridized carbons (Fsp3) is 0.238. The molecule has 1 aliphatic rings. The molecule has 0 spiro atoms. The zero-order valence-corrected chi connectivity index (χ0v) is 15.1. The SMILES string of the molecule is Cc1c(NC(=O)C2CC2c2ccccc2F)c(=O)n(-c2ccccc2)n1C. The molecular weight excluding hydrogens is 345 g/mol. The van der Waals surface area contributed by atoms with Crippen LogP contribution in [0.3, 0.4) is 0 Å². The molecule has 1 amide bonds. The second-order valence-corrected chi connectivity index (χ2v) is 6.90. The third-order valence-corrected chi connectivity index (χ3v) is 5.23. The third kappa shape index (κ3) is 2.97. The smallest absolute Gasteiger partial charge is 0.295 e. The summed E-state index contributed by atoms with van der Waals surface area (Å²) in [7, 11) is 1.78. The van der Waals surface area contributed by atoms with Crippen LogP contribution in [0, 0.1) is 18.7 Å². The molecule has 0 bridgehead atoms. The maximum atomic E-state index is 13.9. The van der Waals surface area contributed by atoms with E-state index in [1.54, 1.807) is 36.9 Å². The molecule has 27 heavy (non-hydrogen) atoms. The molecule has 1 heterocycles. The van der Waals surface area contributed by atoms with Crippen molar-refractivity contribution in [3.05, 3.63) is 82.0 Å². The molecule has 0 aliphatic heterocycles. The van der Waals surface area contributed by atoms with Gasteiger partial charge < -0.3 is 5.32 Å². The van der Waals surface area contributed by atoms with Crippen molar-refractivity contribution < 1.29 is 9.18 Å². The molecule has 1 saturated carbocycles. The second kappa shape index (κ2) is 6.54. The molecule has 5 nitrogen and oxygen atoms in total. The number of amides is 1. The predicted molar refractivity (Wildman–Crippen MR) is 102 cm³/mol. The van der Waals surface area contributed by atoms with Crippen molar-refractivity contribution in [3.63, 3.8) is 0 Å². The normalized spacial score (nSPS) is 18.3. The number of nitrogens with zero attached hydrogens (tertiary/aromatic N) is 2. The maximum Gasteiger partial charge on any atom is 0.295 e. The largest absolute Gasteiger partial charge is 0.320 e. The molecule has 138 valence electrons. The number of anilines is 1. The van der Waals surface area contributed by atoms with Gasteiger partial charge in [-0.2, -0.15) is 0 Å². The quantitative estimate of drug-likeness (QED) is 0.771. The number of aromatic nitrogens is 2. The topological polar surface area (TPSA) is 56.0 Å². The number of rotatable bonds is 4. The lowest BCUT2D eigenvalue weighted by atomic mass is 10.1. The van der Waals surface area contributed by atoms with E-state index in [0.29, 0.717) is 17.7 Å². The minimum absolute atomic E-state index is 0.133. The monoisotopic (exact) mass is 365 g/mol. The lowest BCUT2D eigenvalue weighted by molar-refractivity contribution is -0.117. The van der Waals surface area contributed by atoms with Gasteiger partial charge in [0.2, 0.25) is 5.91 Å². The average Bonchev–Trinajstić information content (AvgIpc) is 3.43. The van der Waals surface area contributed by atoms with Crippen molar-refractivity contribution >= 4 is 11.6 Å². The lowest BCUT2D eigenvalue weighted by Gasteiger charge is -2.07. The van der Waals surface area contributed by atoms with Crippen LogP contribution in [-0.2, 0) is 11.8 Å². The third-order valence-electron chi connectivity index (χ3n) is 5.23. The standard InChI is InChI=1S/C21H20FN3O2/c1-13-19(21(27)25(24(13)2)14-8-4-3-5-9-14)23-20(26)17-12-16(17)15-10-6-7-11-18(15)22/h3-11,16-17H,12H2,1-2H3,(H,23,26). The van der Waals surface area contributed by atoms with E-state index in [0.717, 1.165) is 5.69 Å². The van der Waals surface area contributed by atoms with Gasteiger partial charge in [-0.15, -0.1) is 0 Å². The Hall–Kier alpha value is -3.15. The number of benzene rings is 2. The van der Waals surface area contributed by atoms with Crippen LogP contribution in [0.15, 0.2) is 59.4 Å². The first kappa shape index (κ1) is 17.3. The molecule has 0 saturated heterocycles. The van der Waals surface area contributed by atoms with Crippen LogP contribution in [0.1, 0.15) is 23.6 Å². The van der Waals surface area contributed by atoms with E-state index in [1.165, 1.54) is 10.7 Å². The minimum Gasteiger partial charge on any atom is -0.320 e. The highest BCUT2D eigenvalue weighted by Gasteiger charge is 2.45. The summed E-state index contributed by atoms with van der Waals surface area (Å²) < 4.78 is 17.2. The van der Waals surface area contributed by atoms with Crippen molar-refractivity contribution in [2.24, 2.45) is 13.0 Å². The van der Waals surface area contributed by atoms with Gasteiger partial charge in [-0.25, -0.2) is 9.07 Å². The zero-order valence-electron chi connectivity index (χ0n) is 15.1. The first-order chi connectivity index (χ1) is 13.0. The highest BCUT2D eigenvalue weighted by Crippen LogP contribution is 2.48. The first-order valence-electron chi connectivity index (χ1n) is 8.88. The summed E-state index contributed by atoms with van der Waals surface area (Å²) in [6, 6.07) is 15.8. The van der Waals surface area contributed by atoms with Gasteiger partial charge in [-0.3, -0.25) is 14.3 Å². The van der Waals surface area contributed by atoms with E-state index in [9.17, 15) is 14.0 Å². The first-order valence-corrected chi connectivity index (χ1v) is 8.88. The van der Waals surface area contributed by atoms with E-state index < -0.39 is 0 Å². The Bertz CT molecular complexity index is 1070. The molecule has 2 unspecified atom stereocenters. The van der Waals surface area contributed by atoms with E-state index in [1.807, 2.05) is 30.3 Å². The second-order valence-electron chi connectivity index (χ2n) is 6.90. The van der Waals surface area contributed by atoms with Crippen LogP contribution in [0.25, 0.3) is 5.69 Å². The summed E-state index contributed by atoms with van der Waals surface area (Å²) in [4.78, 5) is 25.5. The lowest BCUT2D eigenvalue weighted by Crippen LogP contribution is -2.23. The van der Waals surface area contributed by atoms with Crippen LogP contribution < -0.4 is 10.9 Å². The molecule has 1 aliphatic carbocycles. The molecule has 0 radical (unpaired) electrons. The highest BCUT2D eigenvalue weighted by molar-refractivity contribution is 5.95. The van der Waals surface area contributed by atoms with Crippen LogP contribution in [-0.4, -0.2) is 15.3 Å². The summed E-state index contributed by atoms with van der Waals surface area (Å²) >= 11 is 0. The van der Waals surface area contributed by atoms with Gasteiger partial charge in [0.05, 0.1) is 11.4 Å². The predicted octanol–water partition coefficient (Wildman–Crippen LogP) is 3.37. The summed E-state index contributed by atoms with van der Waals surface area (Å²) in [6.07, 6.45) is 0.589. The maximum absolute atomic E-state index is 13.9. The Kier molecular flexibility index (Phi) is 4.18. The van der Waals surface area contributed by atoms with Gasteiger partial charge in [-0.05, 0) is 43.0 Å². The van der Waals surface area contributed by atoms with Gasteiger partial charge in [-0.1, -0.05) is 36.4 Å². The number of carbonyl (C=O) groups is 1. The molecule has 2 aromatic carbocycles. The molecule has 3 aromatic rings. The molecule has 2 atom stereocenters. The highest BCUT2D eigenvalue weighted by atomic mass is 19.1. The molecule has 1 fully saturated rings. The molecule has 1 N–H and O–H groups in total. The number of hydrogen-bond acceptors (Lipinski definition) is 2. The summed E-state index contributed by atoms with van der Waals surface area (Å²) in [5, 5.41) is 2.78. The van der Waals surface area contributed by atoms with Crippen LogP contribution in [0.4, 0.5) is 10.1 Å². The Morgan fingerprint density at radius 3 is 2.48 bits per heavy atom. The van der Waals surface area contributed by atoms with Gasteiger partial charge in [0.1, 0.15) is 11.5 Å². The number of para-hydroxylation sites is 1. The minimum atomic E-state index is -0.314. The molecule has 1 aromatic heterocycles. The van der Waals surface area contributed by atoms with Crippen LogP contribution in [0.5, 0.6) is 0 Å². The van der Waals surface area contributed by atoms with Crippen molar-refractivity contribution in [1.82, 2.24) is 9.36 Å². The Balaban J connectivity index is 1.58. The average molecular weight is 365 g/mol. The van der Waals surface area contributed by atoms with Crippen molar-refractivity contribution in [2.45, 2.75) is 19.3 Å². The van der Waals surface area contributed by atoms with E-state index in [4.69, 9.17) is 0 Å². The fourth-order valence-electron chi connectivity index (χ4n) is 3.53. The molecular formula is C21H20FN3O2. The van der Waals surface area contributed by atoms with Crippen LogP contribution >= 0.6 is 0 Å². The number of hydrogen-bond donors (Lipinski definition) is 1. The van der Waals surface area contributed by atoms with Gasteiger partial charge in [0.15, 0.2) is 0 Å². The van der Waals surface area contributed by atoms with Gasteiger partial charge in [0, 0.05) is 13.0 Å². The zero-order chi connectivity index (χ0) is 19.1. The summed E-state index contributed by atoms with van der Waals surface area (Å²) in [5.41, 5.74) is 1.94. The summed E-state index contributed by atoms with van der Waals surface area (Å²) in [6.45, 7) is 1.79. The van der Waals surface area contributed by atoms with Crippen LogP contribution in [0.2, 0.25) is 0 Å². The molecule has 6 heteroatoms. The van der Waals surface area contributed by atoms with E-state index in [2.05, 4.69) is 5.32 Å². The fourth-order valence-corrected chi connectivity index (χ4v) is 3.53.